The molecule has 8 heteroatoms. The second kappa shape index (κ2) is 8.85. The first-order valence-corrected chi connectivity index (χ1v) is 10.6. The summed E-state index contributed by atoms with van der Waals surface area (Å²) >= 11 is 5.67. The molecule has 1 fully saturated rings. The van der Waals surface area contributed by atoms with E-state index in [4.69, 9.17) is 17.0 Å². The van der Waals surface area contributed by atoms with Gasteiger partial charge >= 0.3 is 5.97 Å². The van der Waals surface area contributed by atoms with Crippen molar-refractivity contribution in [2.24, 2.45) is 0 Å². The molecule has 4 heterocycles. The Hall–Kier alpha value is -3.26. The van der Waals surface area contributed by atoms with Gasteiger partial charge in [-0.1, -0.05) is 12.1 Å². The van der Waals surface area contributed by atoms with E-state index in [0.29, 0.717) is 11.7 Å². The van der Waals surface area contributed by atoms with Crippen molar-refractivity contribution >= 4 is 23.3 Å². The maximum atomic E-state index is 11.8. The van der Waals surface area contributed by atoms with Crippen LogP contribution in [0.4, 0.5) is 0 Å². The molecule has 3 aromatic heterocycles. The first kappa shape index (κ1) is 21.0. The van der Waals surface area contributed by atoms with Crippen molar-refractivity contribution in [2.45, 2.75) is 32.4 Å². The Labute approximate surface area is 187 Å². The maximum Gasteiger partial charge on any atom is 0.307 e. The molecule has 0 aromatic carbocycles. The van der Waals surface area contributed by atoms with Gasteiger partial charge in [-0.25, -0.2) is 4.98 Å². The minimum Gasteiger partial charge on any atom is -0.469 e. The number of esters is 1. The van der Waals surface area contributed by atoms with Crippen molar-refractivity contribution in [3.8, 4) is 5.82 Å². The molecule has 1 aliphatic rings. The number of nitrogens with one attached hydrogen (secondary N) is 1. The Kier molecular flexibility index (Phi) is 5.99. The molecule has 0 spiro atoms. The third-order valence-electron chi connectivity index (χ3n) is 5.65. The van der Waals surface area contributed by atoms with Gasteiger partial charge in [0.05, 0.1) is 31.3 Å². The van der Waals surface area contributed by atoms with E-state index >= 15 is 0 Å². The lowest BCUT2D eigenvalue weighted by Crippen LogP contribution is -2.32. The lowest BCUT2D eigenvalue weighted by molar-refractivity contribution is -0.140. The predicted molar refractivity (Wildman–Crippen MR) is 122 cm³/mol. The zero-order valence-electron chi connectivity index (χ0n) is 17.8. The summed E-state index contributed by atoms with van der Waals surface area (Å²) < 4.78 is 6.99. The first-order valence-electron chi connectivity index (χ1n) is 10.2. The largest absolute Gasteiger partial charge is 0.469 e. The Balaban J connectivity index is 1.79. The number of aryl methyl sites for hydroxylation is 1. The second-order valence-electron chi connectivity index (χ2n) is 7.50. The summed E-state index contributed by atoms with van der Waals surface area (Å²) in [5.41, 5.74) is 4.18. The van der Waals surface area contributed by atoms with Crippen molar-refractivity contribution in [1.29, 1.82) is 0 Å². The van der Waals surface area contributed by atoms with Crippen LogP contribution in [0.3, 0.4) is 0 Å². The predicted octanol–water partition coefficient (Wildman–Crippen LogP) is 3.42. The van der Waals surface area contributed by atoms with Crippen molar-refractivity contribution < 1.29 is 9.53 Å². The number of thiocarbonyl (C=S) groups is 1. The van der Waals surface area contributed by atoms with Gasteiger partial charge in [-0.15, -0.1) is 0 Å². The molecule has 1 N–H and O–H groups in total. The van der Waals surface area contributed by atoms with E-state index in [2.05, 4.69) is 44.7 Å². The van der Waals surface area contributed by atoms with Crippen LogP contribution in [0.1, 0.15) is 41.1 Å². The highest BCUT2D eigenvalue weighted by Crippen LogP contribution is 2.41. The van der Waals surface area contributed by atoms with Crippen LogP contribution in [0.25, 0.3) is 5.82 Å². The molecule has 0 unspecified atom stereocenters. The van der Waals surface area contributed by atoms with Gasteiger partial charge in [0.1, 0.15) is 5.82 Å². The smallest absolute Gasteiger partial charge is 0.307 e. The molecule has 4 rings (SSSR count). The molecule has 0 saturated carbocycles. The summed E-state index contributed by atoms with van der Waals surface area (Å²) in [7, 11) is 1.40. The molecule has 0 bridgehead atoms. The summed E-state index contributed by atoms with van der Waals surface area (Å²) in [5, 5.41) is 4.03. The first-order chi connectivity index (χ1) is 15.0. The number of hydrogen-bond acceptors (Lipinski definition) is 5. The molecule has 31 heavy (non-hydrogen) atoms. The van der Waals surface area contributed by atoms with Crippen LogP contribution in [-0.2, 0) is 9.53 Å². The Morgan fingerprint density at radius 3 is 2.55 bits per heavy atom. The molecule has 1 saturated heterocycles. The van der Waals surface area contributed by atoms with E-state index in [1.807, 2.05) is 36.4 Å². The standard InChI is InChI=1S/C23H25N5O2S/c1-15-14-17(16(2)28(15)19-9-5-7-12-25-19)22-21(18-8-4-6-11-24-18)26-23(31)27(22)13-10-20(29)30-3/h4-9,11-12,14,21-22H,10,13H2,1-3H3,(H,26,31)/t21-,22+/m0/s1. The number of methoxy groups -OCH3 is 1. The van der Waals surface area contributed by atoms with E-state index in [9.17, 15) is 4.79 Å². The summed E-state index contributed by atoms with van der Waals surface area (Å²) in [5.74, 6) is 0.606. The van der Waals surface area contributed by atoms with Gasteiger partial charge in [0.2, 0.25) is 0 Å². The Morgan fingerprint density at radius 2 is 1.90 bits per heavy atom. The van der Waals surface area contributed by atoms with Crippen LogP contribution >= 0.6 is 12.2 Å². The van der Waals surface area contributed by atoms with Gasteiger partial charge in [-0.3, -0.25) is 9.78 Å². The van der Waals surface area contributed by atoms with E-state index in [1.165, 1.54) is 7.11 Å². The molecule has 160 valence electrons. The minimum atomic E-state index is -0.262. The topological polar surface area (TPSA) is 72.3 Å². The fourth-order valence-electron chi connectivity index (χ4n) is 4.22. The number of rotatable bonds is 6. The third kappa shape index (κ3) is 4.03. The van der Waals surface area contributed by atoms with Crippen molar-refractivity contribution in [2.75, 3.05) is 13.7 Å². The van der Waals surface area contributed by atoms with E-state index < -0.39 is 0 Å². The summed E-state index contributed by atoms with van der Waals surface area (Å²) in [6.07, 6.45) is 3.83. The van der Waals surface area contributed by atoms with Gasteiger partial charge in [0, 0.05) is 30.3 Å². The SMILES string of the molecule is COC(=O)CCN1C(=S)N[C@@H](c2ccccn2)[C@H]1c1cc(C)n(-c2ccccn2)c1C. The highest BCUT2D eigenvalue weighted by atomic mass is 32.1. The normalized spacial score (nSPS) is 18.2. The van der Waals surface area contributed by atoms with Crippen LogP contribution in [0.15, 0.2) is 54.9 Å². The number of carbonyl (C=O) groups is 1. The average molecular weight is 436 g/mol. The molecule has 0 radical (unpaired) electrons. The van der Waals surface area contributed by atoms with Crippen LogP contribution in [0, 0.1) is 13.8 Å². The van der Waals surface area contributed by atoms with Gasteiger partial charge in [0.25, 0.3) is 0 Å². The molecule has 1 aliphatic heterocycles. The maximum absolute atomic E-state index is 11.8. The lowest BCUT2D eigenvalue weighted by Gasteiger charge is -2.27. The third-order valence-corrected chi connectivity index (χ3v) is 6.00. The zero-order valence-corrected chi connectivity index (χ0v) is 18.6. The van der Waals surface area contributed by atoms with Crippen LogP contribution in [0.2, 0.25) is 0 Å². The second-order valence-corrected chi connectivity index (χ2v) is 7.88. The van der Waals surface area contributed by atoms with Crippen molar-refractivity contribution in [3.63, 3.8) is 0 Å². The number of carbonyl (C=O) groups excluding carboxylic acids is 1. The molecule has 2 atom stereocenters. The highest BCUT2D eigenvalue weighted by molar-refractivity contribution is 7.80. The van der Waals surface area contributed by atoms with Gasteiger partial charge in [0.15, 0.2) is 5.11 Å². The Morgan fingerprint density at radius 1 is 1.16 bits per heavy atom. The lowest BCUT2D eigenvalue weighted by atomic mass is 9.96. The Bertz CT molecular complexity index is 1080. The van der Waals surface area contributed by atoms with E-state index in [0.717, 1.165) is 28.5 Å². The molecular formula is C23H25N5O2S. The van der Waals surface area contributed by atoms with Gasteiger partial charge < -0.3 is 19.5 Å². The zero-order chi connectivity index (χ0) is 22.0. The summed E-state index contributed by atoms with van der Waals surface area (Å²) in [6, 6.07) is 13.7. The number of aromatic nitrogens is 3. The van der Waals surface area contributed by atoms with Crippen LogP contribution in [-0.4, -0.2) is 44.2 Å². The van der Waals surface area contributed by atoms with E-state index in [-0.39, 0.29) is 24.5 Å². The van der Waals surface area contributed by atoms with Gasteiger partial charge in [-0.2, -0.15) is 0 Å². The summed E-state index contributed by atoms with van der Waals surface area (Å²) in [6.45, 7) is 4.62. The minimum absolute atomic E-state index is 0.115. The quantitative estimate of drug-likeness (QED) is 0.470. The number of pyridine rings is 2. The van der Waals surface area contributed by atoms with Gasteiger partial charge in [-0.05, 0) is 62.0 Å². The molecular weight excluding hydrogens is 410 g/mol. The van der Waals surface area contributed by atoms with Crippen LogP contribution in [0.5, 0.6) is 0 Å². The van der Waals surface area contributed by atoms with Crippen molar-refractivity contribution in [3.05, 3.63) is 77.5 Å². The number of hydrogen-bond donors (Lipinski definition) is 1. The average Bonchev–Trinajstić information content (AvgIpc) is 3.28. The number of nitrogens with zero attached hydrogens (tertiary/aromatic N) is 4. The van der Waals surface area contributed by atoms with Crippen LogP contribution < -0.4 is 5.32 Å². The monoisotopic (exact) mass is 435 g/mol. The van der Waals surface area contributed by atoms with E-state index in [1.54, 1.807) is 12.4 Å². The molecule has 0 aliphatic carbocycles. The molecule has 7 nitrogen and oxygen atoms in total. The fourth-order valence-corrected chi connectivity index (χ4v) is 4.56. The fraction of sp³-hybridized carbons (Fsp3) is 0.304. The molecule has 3 aromatic rings. The number of ether oxygens (including phenoxy) is 1. The highest BCUT2D eigenvalue weighted by Gasteiger charge is 2.41. The summed E-state index contributed by atoms with van der Waals surface area (Å²) in [4.78, 5) is 23.0. The molecule has 0 amide bonds. The van der Waals surface area contributed by atoms with Crippen molar-refractivity contribution in [1.82, 2.24) is 24.8 Å².